The molecule has 0 N–H and O–H groups in total. The summed E-state index contributed by atoms with van der Waals surface area (Å²) < 4.78 is 1.25. The molecule has 3 rings (SSSR count). The molecular weight excluding hydrogens is 350 g/mol. The topological polar surface area (TPSA) is 55.2 Å². The van der Waals surface area contributed by atoms with Gasteiger partial charge in [0.05, 0.1) is 5.69 Å². The minimum absolute atomic E-state index is 0.0862. The van der Waals surface area contributed by atoms with Crippen LogP contribution >= 0.6 is 0 Å². The highest BCUT2D eigenvalue weighted by Crippen LogP contribution is 2.17. The summed E-state index contributed by atoms with van der Waals surface area (Å²) in [7, 11) is 0. The van der Waals surface area contributed by atoms with E-state index < -0.39 is 0 Å². The van der Waals surface area contributed by atoms with Crippen molar-refractivity contribution in [3.05, 3.63) is 82.6 Å². The Kier molecular flexibility index (Phi) is 6.37. The second-order valence-electron chi connectivity index (χ2n) is 6.81. The van der Waals surface area contributed by atoms with E-state index >= 15 is 0 Å². The number of unbranched alkanes of at least 4 members (excludes halogenated alkanes) is 1. The molecule has 28 heavy (non-hydrogen) atoms. The highest BCUT2D eigenvalue weighted by Gasteiger charge is 2.17. The SMILES string of the molecule is CCCCN(C(=O)Cn1nc(-c2ccc(C)cc2)ccc1=O)c1ccccc1. The van der Waals surface area contributed by atoms with Crippen molar-refractivity contribution in [3.8, 4) is 11.3 Å². The lowest BCUT2D eigenvalue weighted by molar-refractivity contribution is -0.119. The predicted molar refractivity (Wildman–Crippen MR) is 112 cm³/mol. The van der Waals surface area contributed by atoms with E-state index in [2.05, 4.69) is 12.0 Å². The summed E-state index contributed by atoms with van der Waals surface area (Å²) in [4.78, 5) is 27.0. The molecule has 0 bridgehead atoms. The van der Waals surface area contributed by atoms with E-state index in [9.17, 15) is 9.59 Å². The Hall–Kier alpha value is -3.21. The molecule has 3 aromatic rings. The van der Waals surface area contributed by atoms with E-state index in [-0.39, 0.29) is 18.0 Å². The Morgan fingerprint density at radius 3 is 2.39 bits per heavy atom. The summed E-state index contributed by atoms with van der Waals surface area (Å²) in [5.74, 6) is -0.143. The first-order valence-corrected chi connectivity index (χ1v) is 9.59. The molecule has 5 nitrogen and oxygen atoms in total. The van der Waals surface area contributed by atoms with Gasteiger partial charge in [-0.25, -0.2) is 4.68 Å². The fourth-order valence-electron chi connectivity index (χ4n) is 2.98. The first-order chi connectivity index (χ1) is 13.6. The van der Waals surface area contributed by atoms with Gasteiger partial charge in [-0.3, -0.25) is 9.59 Å². The molecule has 0 saturated carbocycles. The molecule has 0 saturated heterocycles. The molecule has 0 fully saturated rings. The van der Waals surface area contributed by atoms with Crippen molar-refractivity contribution in [2.24, 2.45) is 0 Å². The van der Waals surface area contributed by atoms with Crippen LogP contribution < -0.4 is 10.5 Å². The molecule has 0 spiro atoms. The lowest BCUT2D eigenvalue weighted by atomic mass is 10.1. The van der Waals surface area contributed by atoms with E-state index in [1.165, 1.54) is 10.7 Å². The quantitative estimate of drug-likeness (QED) is 0.626. The van der Waals surface area contributed by atoms with Gasteiger partial charge in [0, 0.05) is 23.9 Å². The van der Waals surface area contributed by atoms with E-state index in [4.69, 9.17) is 0 Å². The van der Waals surface area contributed by atoms with Crippen molar-refractivity contribution in [2.75, 3.05) is 11.4 Å². The number of anilines is 1. The highest BCUT2D eigenvalue weighted by molar-refractivity contribution is 5.93. The number of para-hydroxylation sites is 1. The van der Waals surface area contributed by atoms with Crippen LogP contribution in [-0.2, 0) is 11.3 Å². The number of aryl methyl sites for hydroxylation is 1. The zero-order valence-electron chi connectivity index (χ0n) is 16.3. The minimum Gasteiger partial charge on any atom is -0.311 e. The van der Waals surface area contributed by atoms with Crippen LogP contribution in [-0.4, -0.2) is 22.2 Å². The third-order valence-corrected chi connectivity index (χ3v) is 4.60. The maximum atomic E-state index is 13.0. The third kappa shape index (κ3) is 4.74. The first kappa shape index (κ1) is 19.5. The molecule has 1 amide bonds. The Morgan fingerprint density at radius 1 is 1.00 bits per heavy atom. The van der Waals surface area contributed by atoms with Gasteiger partial charge < -0.3 is 4.90 Å². The summed E-state index contributed by atoms with van der Waals surface area (Å²) in [6, 6.07) is 20.6. The summed E-state index contributed by atoms with van der Waals surface area (Å²) in [5, 5.41) is 4.43. The van der Waals surface area contributed by atoms with Gasteiger partial charge in [0.15, 0.2) is 0 Å². The largest absolute Gasteiger partial charge is 0.311 e. The number of rotatable bonds is 7. The second kappa shape index (κ2) is 9.13. The lowest BCUT2D eigenvalue weighted by Gasteiger charge is -2.23. The summed E-state index contributed by atoms with van der Waals surface area (Å²) in [6.07, 6.45) is 1.88. The van der Waals surface area contributed by atoms with Crippen molar-refractivity contribution in [1.29, 1.82) is 0 Å². The van der Waals surface area contributed by atoms with Gasteiger partial charge in [-0.2, -0.15) is 5.10 Å². The Balaban J connectivity index is 1.86. The summed E-state index contributed by atoms with van der Waals surface area (Å²) in [6.45, 7) is 4.64. The van der Waals surface area contributed by atoms with Gasteiger partial charge >= 0.3 is 0 Å². The highest BCUT2D eigenvalue weighted by atomic mass is 16.2. The van der Waals surface area contributed by atoms with Crippen molar-refractivity contribution < 1.29 is 4.79 Å². The number of aromatic nitrogens is 2. The molecule has 0 radical (unpaired) electrons. The number of hydrogen-bond donors (Lipinski definition) is 0. The van der Waals surface area contributed by atoms with Gasteiger partial charge in [-0.1, -0.05) is 61.4 Å². The molecule has 1 heterocycles. The molecular formula is C23H25N3O2. The van der Waals surface area contributed by atoms with Crippen LogP contribution in [0.2, 0.25) is 0 Å². The van der Waals surface area contributed by atoms with Crippen LogP contribution in [0.3, 0.4) is 0 Å². The van der Waals surface area contributed by atoms with Crippen molar-refractivity contribution in [3.63, 3.8) is 0 Å². The van der Waals surface area contributed by atoms with Crippen LogP contribution in [0.4, 0.5) is 5.69 Å². The van der Waals surface area contributed by atoms with Gasteiger partial charge in [0.1, 0.15) is 6.54 Å². The van der Waals surface area contributed by atoms with Gasteiger partial charge in [0.2, 0.25) is 5.91 Å². The normalized spacial score (nSPS) is 10.6. The fraction of sp³-hybridized carbons (Fsp3) is 0.261. The molecule has 0 aliphatic rings. The molecule has 1 aromatic heterocycles. The van der Waals surface area contributed by atoms with Crippen LogP contribution in [0.1, 0.15) is 25.3 Å². The maximum Gasteiger partial charge on any atom is 0.267 e. The second-order valence-corrected chi connectivity index (χ2v) is 6.81. The zero-order valence-corrected chi connectivity index (χ0v) is 16.3. The van der Waals surface area contributed by atoms with E-state index in [1.54, 1.807) is 11.0 Å². The molecule has 2 aromatic carbocycles. The molecule has 0 aliphatic heterocycles. The smallest absolute Gasteiger partial charge is 0.267 e. The number of carbonyl (C=O) groups is 1. The average molecular weight is 375 g/mol. The minimum atomic E-state index is -0.285. The van der Waals surface area contributed by atoms with E-state index in [0.717, 1.165) is 29.7 Å². The Bertz CT molecular complexity index is 979. The molecule has 0 unspecified atom stereocenters. The van der Waals surface area contributed by atoms with Gasteiger partial charge in [-0.05, 0) is 31.5 Å². The zero-order chi connectivity index (χ0) is 19.9. The maximum absolute atomic E-state index is 13.0. The van der Waals surface area contributed by atoms with Crippen molar-refractivity contribution >= 4 is 11.6 Å². The third-order valence-electron chi connectivity index (χ3n) is 4.60. The fourth-order valence-corrected chi connectivity index (χ4v) is 2.98. The number of carbonyl (C=O) groups excluding carboxylic acids is 1. The monoisotopic (exact) mass is 375 g/mol. The lowest BCUT2D eigenvalue weighted by Crippen LogP contribution is -2.38. The van der Waals surface area contributed by atoms with Crippen molar-refractivity contribution in [1.82, 2.24) is 9.78 Å². The molecule has 144 valence electrons. The molecule has 0 aliphatic carbocycles. The van der Waals surface area contributed by atoms with E-state index in [1.807, 2.05) is 61.5 Å². The Morgan fingerprint density at radius 2 is 1.71 bits per heavy atom. The summed E-state index contributed by atoms with van der Waals surface area (Å²) >= 11 is 0. The average Bonchev–Trinajstić information content (AvgIpc) is 2.71. The van der Waals surface area contributed by atoms with Gasteiger partial charge in [-0.15, -0.1) is 0 Å². The number of nitrogens with zero attached hydrogens (tertiary/aromatic N) is 3. The number of benzene rings is 2. The predicted octanol–water partition coefficient (Wildman–Crippen LogP) is 4.05. The molecule has 5 heteroatoms. The standard InChI is InChI=1S/C23H25N3O2/c1-3-4-16-25(20-8-6-5-7-9-20)23(28)17-26-22(27)15-14-21(24-26)19-12-10-18(2)11-13-19/h5-15H,3-4,16-17H2,1-2H3. The summed E-state index contributed by atoms with van der Waals surface area (Å²) in [5.41, 5.74) is 3.29. The van der Waals surface area contributed by atoms with Crippen LogP contribution in [0.25, 0.3) is 11.3 Å². The number of hydrogen-bond acceptors (Lipinski definition) is 3. The van der Waals surface area contributed by atoms with Crippen LogP contribution in [0.5, 0.6) is 0 Å². The van der Waals surface area contributed by atoms with E-state index in [0.29, 0.717) is 12.2 Å². The van der Waals surface area contributed by atoms with Crippen LogP contribution in [0.15, 0.2) is 71.5 Å². The van der Waals surface area contributed by atoms with Crippen LogP contribution in [0, 0.1) is 6.92 Å². The molecule has 0 atom stereocenters. The number of amides is 1. The van der Waals surface area contributed by atoms with Crippen molar-refractivity contribution in [2.45, 2.75) is 33.2 Å². The van der Waals surface area contributed by atoms with Gasteiger partial charge in [0.25, 0.3) is 5.56 Å². The Labute approximate surface area is 165 Å². The first-order valence-electron chi connectivity index (χ1n) is 9.59.